The molecule has 0 saturated heterocycles. The van der Waals surface area contributed by atoms with Crippen LogP contribution in [0.3, 0.4) is 0 Å². The number of nitrogens with zero attached hydrogens (tertiary/aromatic N) is 2. The molecule has 0 heterocycles. The summed E-state index contributed by atoms with van der Waals surface area (Å²) in [4.78, 5) is 25.4. The summed E-state index contributed by atoms with van der Waals surface area (Å²) in [5.41, 5.74) is -0.557. The summed E-state index contributed by atoms with van der Waals surface area (Å²) >= 11 is 0. The predicted octanol–water partition coefficient (Wildman–Crippen LogP) is 3.07. The summed E-state index contributed by atoms with van der Waals surface area (Å²) in [6, 6.07) is 8.26. The summed E-state index contributed by atoms with van der Waals surface area (Å²) < 4.78 is 18.4. The van der Waals surface area contributed by atoms with Crippen molar-refractivity contribution in [1.82, 2.24) is 4.90 Å². The van der Waals surface area contributed by atoms with Gasteiger partial charge in [-0.15, -0.1) is 0 Å². The number of halogens is 1. The molecule has 1 aliphatic carbocycles. The Morgan fingerprint density at radius 3 is 2.64 bits per heavy atom. The molecule has 0 N–H and O–H groups in total. The van der Waals surface area contributed by atoms with Gasteiger partial charge in [0.1, 0.15) is 11.4 Å². The zero-order valence-corrected chi connectivity index (χ0v) is 14.2. The van der Waals surface area contributed by atoms with E-state index in [0.717, 1.165) is 25.3 Å². The van der Waals surface area contributed by atoms with E-state index in [2.05, 4.69) is 6.07 Å². The molecule has 1 amide bonds. The van der Waals surface area contributed by atoms with Gasteiger partial charge in [-0.05, 0) is 25.0 Å². The molecule has 0 aromatic heterocycles. The average molecular weight is 344 g/mol. The fourth-order valence-electron chi connectivity index (χ4n) is 2.94. The molecule has 1 aliphatic rings. The van der Waals surface area contributed by atoms with Gasteiger partial charge in [0.25, 0.3) is 5.91 Å². The van der Waals surface area contributed by atoms with E-state index in [-0.39, 0.29) is 5.56 Å². The van der Waals surface area contributed by atoms with E-state index in [1.807, 2.05) is 0 Å². The molecule has 1 saturated carbocycles. The van der Waals surface area contributed by atoms with E-state index in [1.165, 1.54) is 23.1 Å². The Morgan fingerprint density at radius 1 is 1.32 bits per heavy atom. The maximum atomic E-state index is 13.5. The van der Waals surface area contributed by atoms with Crippen LogP contribution in [0.5, 0.6) is 0 Å². The summed E-state index contributed by atoms with van der Waals surface area (Å²) in [7, 11) is 1.57. The van der Waals surface area contributed by atoms with Crippen LogP contribution in [0.25, 0.3) is 6.08 Å². The van der Waals surface area contributed by atoms with Crippen LogP contribution in [-0.4, -0.2) is 36.0 Å². The van der Waals surface area contributed by atoms with E-state index >= 15 is 0 Å². The number of hydrogen-bond donors (Lipinski definition) is 0. The number of hydrogen-bond acceptors (Lipinski definition) is 4. The standard InChI is InChI=1S/C19H21FN2O3/c1-22(19(14-21)11-5-2-6-12-19)17(23)13-25-18(24)10-9-15-7-3-4-8-16(15)20/h3-4,7-10H,2,5-6,11-13H2,1H3/b10-9+. The Hall–Kier alpha value is -2.68. The van der Waals surface area contributed by atoms with Crippen LogP contribution in [0.2, 0.25) is 0 Å². The maximum absolute atomic E-state index is 13.5. The lowest BCUT2D eigenvalue weighted by Crippen LogP contribution is -2.51. The second-order valence-electron chi connectivity index (χ2n) is 6.12. The highest BCUT2D eigenvalue weighted by atomic mass is 19.1. The first-order chi connectivity index (χ1) is 12.0. The fourth-order valence-corrected chi connectivity index (χ4v) is 2.94. The largest absolute Gasteiger partial charge is 0.452 e. The van der Waals surface area contributed by atoms with Crippen LogP contribution in [0.4, 0.5) is 4.39 Å². The van der Waals surface area contributed by atoms with Crippen molar-refractivity contribution >= 4 is 18.0 Å². The molecule has 2 rings (SSSR count). The van der Waals surface area contributed by atoms with Crippen LogP contribution < -0.4 is 0 Å². The van der Waals surface area contributed by atoms with Gasteiger partial charge in [-0.25, -0.2) is 9.18 Å². The van der Waals surface area contributed by atoms with Crippen LogP contribution in [-0.2, 0) is 14.3 Å². The molecule has 0 atom stereocenters. The molecule has 0 unspecified atom stereocenters. The zero-order chi connectivity index (χ0) is 18.3. The molecule has 0 bridgehead atoms. The summed E-state index contributed by atoms with van der Waals surface area (Å²) in [6.45, 7) is -0.444. The molecule has 0 spiro atoms. The second kappa shape index (κ2) is 8.43. The summed E-state index contributed by atoms with van der Waals surface area (Å²) in [5, 5.41) is 9.48. The molecule has 25 heavy (non-hydrogen) atoms. The van der Waals surface area contributed by atoms with Gasteiger partial charge in [0.05, 0.1) is 6.07 Å². The minimum absolute atomic E-state index is 0.258. The van der Waals surface area contributed by atoms with Gasteiger partial charge in [0.15, 0.2) is 6.61 Å². The number of ether oxygens (including phenoxy) is 1. The van der Waals surface area contributed by atoms with E-state index in [4.69, 9.17) is 4.74 Å². The van der Waals surface area contributed by atoms with Crippen molar-refractivity contribution < 1.29 is 18.7 Å². The fraction of sp³-hybridized carbons (Fsp3) is 0.421. The normalized spacial score (nSPS) is 16.2. The first kappa shape index (κ1) is 18.7. The van der Waals surface area contributed by atoms with Gasteiger partial charge in [-0.3, -0.25) is 4.79 Å². The van der Waals surface area contributed by atoms with E-state index in [1.54, 1.807) is 19.2 Å². The van der Waals surface area contributed by atoms with Gasteiger partial charge in [0.2, 0.25) is 0 Å². The topological polar surface area (TPSA) is 70.4 Å². The quantitative estimate of drug-likeness (QED) is 0.608. The molecular weight excluding hydrogens is 323 g/mol. The number of rotatable bonds is 5. The number of carbonyl (C=O) groups is 2. The molecule has 1 aromatic carbocycles. The van der Waals surface area contributed by atoms with Crippen molar-refractivity contribution in [2.24, 2.45) is 0 Å². The highest BCUT2D eigenvalue weighted by Gasteiger charge is 2.38. The average Bonchev–Trinajstić information content (AvgIpc) is 2.65. The monoisotopic (exact) mass is 344 g/mol. The first-order valence-corrected chi connectivity index (χ1v) is 8.26. The molecule has 0 aliphatic heterocycles. The summed E-state index contributed by atoms with van der Waals surface area (Å²) in [6.07, 6.45) is 6.49. The van der Waals surface area contributed by atoms with Crippen LogP contribution >= 0.6 is 0 Å². The van der Waals surface area contributed by atoms with Gasteiger partial charge in [-0.1, -0.05) is 37.5 Å². The van der Waals surface area contributed by atoms with Crippen molar-refractivity contribution in [2.75, 3.05) is 13.7 Å². The number of nitriles is 1. The minimum Gasteiger partial charge on any atom is -0.452 e. The van der Waals surface area contributed by atoms with E-state index < -0.39 is 29.8 Å². The Bertz CT molecular complexity index is 703. The Labute approximate surface area is 146 Å². The third kappa shape index (κ3) is 4.66. The van der Waals surface area contributed by atoms with Crippen molar-refractivity contribution in [3.63, 3.8) is 0 Å². The highest BCUT2D eigenvalue weighted by Crippen LogP contribution is 2.32. The molecule has 132 valence electrons. The van der Waals surface area contributed by atoms with Crippen LogP contribution in [0, 0.1) is 17.1 Å². The van der Waals surface area contributed by atoms with Crippen molar-refractivity contribution in [1.29, 1.82) is 5.26 Å². The third-order valence-electron chi connectivity index (χ3n) is 4.55. The highest BCUT2D eigenvalue weighted by molar-refractivity contribution is 5.89. The molecule has 5 nitrogen and oxygen atoms in total. The minimum atomic E-state index is -0.815. The van der Waals surface area contributed by atoms with Crippen molar-refractivity contribution in [3.05, 3.63) is 41.7 Å². The third-order valence-corrected chi connectivity index (χ3v) is 4.55. The molecular formula is C19H21FN2O3. The van der Waals surface area contributed by atoms with Gasteiger partial charge in [0, 0.05) is 18.7 Å². The SMILES string of the molecule is CN(C(=O)COC(=O)/C=C/c1ccccc1F)C1(C#N)CCCCC1. The predicted molar refractivity (Wildman–Crippen MR) is 90.6 cm³/mol. The van der Waals surface area contributed by atoms with Crippen LogP contribution in [0.15, 0.2) is 30.3 Å². The number of benzene rings is 1. The lowest BCUT2D eigenvalue weighted by atomic mass is 9.81. The molecule has 6 heteroatoms. The number of amides is 1. The lowest BCUT2D eigenvalue weighted by molar-refractivity contribution is -0.150. The van der Waals surface area contributed by atoms with E-state index in [9.17, 15) is 19.2 Å². The molecule has 0 radical (unpaired) electrons. The Balaban J connectivity index is 1.89. The summed E-state index contributed by atoms with van der Waals surface area (Å²) in [5.74, 6) is -1.61. The van der Waals surface area contributed by atoms with Crippen molar-refractivity contribution in [2.45, 2.75) is 37.6 Å². The second-order valence-corrected chi connectivity index (χ2v) is 6.12. The Morgan fingerprint density at radius 2 is 2.00 bits per heavy atom. The zero-order valence-electron chi connectivity index (χ0n) is 14.2. The first-order valence-electron chi connectivity index (χ1n) is 8.26. The maximum Gasteiger partial charge on any atom is 0.331 e. The molecule has 1 aromatic rings. The van der Waals surface area contributed by atoms with Crippen molar-refractivity contribution in [3.8, 4) is 6.07 Å². The lowest BCUT2D eigenvalue weighted by Gasteiger charge is -2.38. The number of carbonyl (C=O) groups excluding carboxylic acids is 2. The molecule has 1 fully saturated rings. The van der Waals surface area contributed by atoms with Gasteiger partial charge < -0.3 is 9.64 Å². The number of esters is 1. The van der Waals surface area contributed by atoms with Gasteiger partial charge >= 0.3 is 5.97 Å². The number of likely N-dealkylation sites (N-methyl/N-ethyl adjacent to an activating group) is 1. The Kier molecular flexibility index (Phi) is 6.29. The smallest absolute Gasteiger partial charge is 0.331 e. The van der Waals surface area contributed by atoms with Gasteiger partial charge in [-0.2, -0.15) is 5.26 Å². The van der Waals surface area contributed by atoms with E-state index in [0.29, 0.717) is 12.8 Å². The van der Waals surface area contributed by atoms with Crippen LogP contribution in [0.1, 0.15) is 37.7 Å².